The van der Waals surface area contributed by atoms with E-state index in [2.05, 4.69) is 16.9 Å². The maximum Gasteiger partial charge on any atom is 0.160 e. The van der Waals surface area contributed by atoms with Crippen LogP contribution in [0.5, 0.6) is 5.75 Å². The van der Waals surface area contributed by atoms with E-state index < -0.39 is 0 Å². The first-order valence-electron chi connectivity index (χ1n) is 4.91. The predicted molar refractivity (Wildman–Crippen MR) is 62.0 cm³/mol. The zero-order valence-corrected chi connectivity index (χ0v) is 9.69. The van der Waals surface area contributed by atoms with Gasteiger partial charge in [-0.1, -0.05) is 6.92 Å². The standard InChI is InChI=1S/C11H17N3O/c1-5-9-10(15-4)6-7-12-11(9)13-8-14(2)3/h6-8H,5H2,1-4H3. The van der Waals surface area contributed by atoms with Crippen LogP contribution >= 0.6 is 0 Å². The van der Waals surface area contributed by atoms with E-state index >= 15 is 0 Å². The second-order valence-electron chi connectivity index (χ2n) is 3.38. The van der Waals surface area contributed by atoms with Crippen molar-refractivity contribution in [3.05, 3.63) is 17.8 Å². The Morgan fingerprint density at radius 2 is 2.27 bits per heavy atom. The molecule has 0 amide bonds. The second kappa shape index (κ2) is 5.34. The minimum Gasteiger partial charge on any atom is -0.496 e. The summed E-state index contributed by atoms with van der Waals surface area (Å²) in [5, 5.41) is 0. The molecule has 4 heteroatoms. The van der Waals surface area contributed by atoms with Crippen molar-refractivity contribution < 1.29 is 4.74 Å². The highest BCUT2D eigenvalue weighted by Gasteiger charge is 2.06. The van der Waals surface area contributed by atoms with Gasteiger partial charge in [-0.25, -0.2) is 9.98 Å². The SMILES string of the molecule is CCc1c(OC)ccnc1N=CN(C)C. The Morgan fingerprint density at radius 3 is 2.80 bits per heavy atom. The van der Waals surface area contributed by atoms with E-state index in [0.29, 0.717) is 0 Å². The molecule has 0 saturated carbocycles. The van der Waals surface area contributed by atoms with Gasteiger partial charge in [0.05, 0.1) is 13.4 Å². The lowest BCUT2D eigenvalue weighted by Gasteiger charge is -2.09. The average Bonchev–Trinajstić information content (AvgIpc) is 2.25. The lowest BCUT2D eigenvalue weighted by atomic mass is 10.2. The molecule has 1 aromatic heterocycles. The number of pyridine rings is 1. The van der Waals surface area contributed by atoms with Crippen LogP contribution in [0.15, 0.2) is 17.3 Å². The van der Waals surface area contributed by atoms with Gasteiger partial charge in [0.25, 0.3) is 0 Å². The Morgan fingerprint density at radius 1 is 1.53 bits per heavy atom. The van der Waals surface area contributed by atoms with E-state index in [0.717, 1.165) is 23.6 Å². The molecule has 0 radical (unpaired) electrons. The zero-order valence-electron chi connectivity index (χ0n) is 9.69. The summed E-state index contributed by atoms with van der Waals surface area (Å²) in [5.74, 6) is 1.57. The Labute approximate surface area is 90.6 Å². The Kier molecular flexibility index (Phi) is 4.09. The van der Waals surface area contributed by atoms with Crippen molar-refractivity contribution in [3.63, 3.8) is 0 Å². The molecule has 0 unspecified atom stereocenters. The van der Waals surface area contributed by atoms with Gasteiger partial charge in [0.2, 0.25) is 0 Å². The van der Waals surface area contributed by atoms with Gasteiger partial charge in [0.15, 0.2) is 5.82 Å². The number of nitrogens with zero attached hydrogens (tertiary/aromatic N) is 3. The third kappa shape index (κ3) is 2.94. The van der Waals surface area contributed by atoms with E-state index in [1.807, 2.05) is 25.1 Å². The highest BCUT2D eigenvalue weighted by atomic mass is 16.5. The fourth-order valence-electron chi connectivity index (χ4n) is 1.27. The van der Waals surface area contributed by atoms with Gasteiger partial charge in [-0.15, -0.1) is 0 Å². The Hall–Kier alpha value is -1.58. The number of aliphatic imine (C=N–C) groups is 1. The van der Waals surface area contributed by atoms with Gasteiger partial charge in [-0.3, -0.25) is 0 Å². The lowest BCUT2D eigenvalue weighted by Crippen LogP contribution is -2.07. The molecule has 4 nitrogen and oxygen atoms in total. The number of methoxy groups -OCH3 is 1. The summed E-state index contributed by atoms with van der Waals surface area (Å²) in [5.41, 5.74) is 1.04. The smallest absolute Gasteiger partial charge is 0.160 e. The molecule has 0 atom stereocenters. The van der Waals surface area contributed by atoms with E-state index in [-0.39, 0.29) is 0 Å². The van der Waals surface area contributed by atoms with Crippen molar-refractivity contribution in [1.82, 2.24) is 9.88 Å². The fourth-order valence-corrected chi connectivity index (χ4v) is 1.27. The summed E-state index contributed by atoms with van der Waals surface area (Å²) in [4.78, 5) is 10.4. The summed E-state index contributed by atoms with van der Waals surface area (Å²) >= 11 is 0. The first kappa shape index (κ1) is 11.5. The van der Waals surface area contributed by atoms with Crippen LogP contribution in [0.4, 0.5) is 5.82 Å². The highest BCUT2D eigenvalue weighted by molar-refractivity contribution is 5.62. The number of aromatic nitrogens is 1. The molecule has 15 heavy (non-hydrogen) atoms. The van der Waals surface area contributed by atoms with Crippen LogP contribution in [0.3, 0.4) is 0 Å². The molecule has 0 saturated heterocycles. The number of hydrogen-bond acceptors (Lipinski definition) is 3. The molecule has 0 aromatic carbocycles. The van der Waals surface area contributed by atoms with Crippen LogP contribution in [0.2, 0.25) is 0 Å². The van der Waals surface area contributed by atoms with E-state index in [4.69, 9.17) is 4.74 Å². The molecular weight excluding hydrogens is 190 g/mol. The molecule has 0 aliphatic rings. The quantitative estimate of drug-likeness (QED) is 0.559. The highest BCUT2D eigenvalue weighted by Crippen LogP contribution is 2.26. The van der Waals surface area contributed by atoms with Crippen LogP contribution in [-0.4, -0.2) is 37.4 Å². The van der Waals surface area contributed by atoms with Gasteiger partial charge in [0.1, 0.15) is 5.75 Å². The number of rotatable bonds is 4. The fraction of sp³-hybridized carbons (Fsp3) is 0.455. The topological polar surface area (TPSA) is 37.7 Å². The van der Waals surface area contributed by atoms with Gasteiger partial charge < -0.3 is 9.64 Å². The molecule has 0 aliphatic heterocycles. The maximum atomic E-state index is 5.26. The van der Waals surface area contributed by atoms with Gasteiger partial charge >= 0.3 is 0 Å². The van der Waals surface area contributed by atoms with Crippen LogP contribution in [0, 0.1) is 0 Å². The molecule has 0 aliphatic carbocycles. The van der Waals surface area contributed by atoms with Crippen molar-refractivity contribution in [3.8, 4) is 5.75 Å². The number of ether oxygens (including phenoxy) is 1. The molecule has 0 spiro atoms. The molecule has 0 bridgehead atoms. The Balaban J connectivity index is 3.06. The molecule has 1 rings (SSSR count). The maximum absolute atomic E-state index is 5.26. The first-order chi connectivity index (χ1) is 7.19. The predicted octanol–water partition coefficient (Wildman–Crippen LogP) is 1.87. The van der Waals surface area contributed by atoms with Crippen molar-refractivity contribution >= 4 is 12.2 Å². The summed E-state index contributed by atoms with van der Waals surface area (Å²) in [6.45, 7) is 2.06. The van der Waals surface area contributed by atoms with Crippen LogP contribution in [0.25, 0.3) is 0 Å². The molecular formula is C11H17N3O. The van der Waals surface area contributed by atoms with Gasteiger partial charge in [-0.2, -0.15) is 0 Å². The molecule has 1 heterocycles. The van der Waals surface area contributed by atoms with Gasteiger partial charge in [-0.05, 0) is 12.5 Å². The lowest BCUT2D eigenvalue weighted by molar-refractivity contribution is 0.409. The third-order valence-corrected chi connectivity index (χ3v) is 1.97. The van der Waals surface area contributed by atoms with Crippen LogP contribution in [-0.2, 0) is 6.42 Å². The molecule has 0 N–H and O–H groups in total. The van der Waals surface area contributed by atoms with Crippen LogP contribution in [0.1, 0.15) is 12.5 Å². The summed E-state index contributed by atoms with van der Waals surface area (Å²) < 4.78 is 5.26. The first-order valence-corrected chi connectivity index (χ1v) is 4.91. The summed E-state index contributed by atoms with van der Waals surface area (Å²) in [6, 6.07) is 1.85. The molecule has 1 aromatic rings. The monoisotopic (exact) mass is 207 g/mol. The normalized spacial score (nSPS) is 10.7. The van der Waals surface area contributed by atoms with Crippen molar-refractivity contribution in [2.24, 2.45) is 4.99 Å². The van der Waals surface area contributed by atoms with Crippen molar-refractivity contribution in [2.45, 2.75) is 13.3 Å². The van der Waals surface area contributed by atoms with Crippen molar-refractivity contribution in [2.75, 3.05) is 21.2 Å². The third-order valence-electron chi connectivity index (χ3n) is 1.97. The largest absolute Gasteiger partial charge is 0.496 e. The summed E-state index contributed by atoms with van der Waals surface area (Å²) in [6.07, 6.45) is 4.30. The Bertz CT molecular complexity index is 348. The average molecular weight is 207 g/mol. The van der Waals surface area contributed by atoms with Crippen LogP contribution < -0.4 is 4.74 Å². The minimum atomic E-state index is 0.727. The number of hydrogen-bond donors (Lipinski definition) is 0. The molecule has 82 valence electrons. The minimum absolute atomic E-state index is 0.727. The second-order valence-corrected chi connectivity index (χ2v) is 3.38. The van der Waals surface area contributed by atoms with Crippen molar-refractivity contribution in [1.29, 1.82) is 0 Å². The van der Waals surface area contributed by atoms with E-state index in [1.165, 1.54) is 0 Å². The van der Waals surface area contributed by atoms with Gasteiger partial charge in [0, 0.05) is 25.9 Å². The van der Waals surface area contributed by atoms with E-state index in [1.54, 1.807) is 19.6 Å². The molecule has 0 fully saturated rings. The summed E-state index contributed by atoms with van der Waals surface area (Å²) in [7, 11) is 5.51. The van der Waals surface area contributed by atoms with E-state index in [9.17, 15) is 0 Å². The zero-order chi connectivity index (χ0) is 11.3.